The predicted molar refractivity (Wildman–Crippen MR) is 105 cm³/mol. The first-order valence-electron chi connectivity index (χ1n) is 10.7. The second-order valence-corrected chi connectivity index (χ2v) is 7.20. The highest BCUT2D eigenvalue weighted by Crippen LogP contribution is 2.12. The maximum absolute atomic E-state index is 10.4. The number of hydrogen-bond donors (Lipinski definition) is 2. The van der Waals surface area contributed by atoms with Crippen LogP contribution in [-0.4, -0.2) is 24.2 Å². The van der Waals surface area contributed by atoms with Crippen molar-refractivity contribution in [2.24, 2.45) is 0 Å². The van der Waals surface area contributed by atoms with Crippen molar-refractivity contribution >= 4 is 5.97 Å². The molecule has 24 heavy (non-hydrogen) atoms. The summed E-state index contributed by atoms with van der Waals surface area (Å²) in [4.78, 5) is 10.4. The molecule has 0 aliphatic rings. The number of unbranched alkanes of at least 4 members (excludes halogenated alkanes) is 14. The third-order valence-corrected chi connectivity index (χ3v) is 4.70. The molecule has 2 N–H and O–H groups in total. The Kier molecular flexibility index (Phi) is 20.0. The fourth-order valence-corrected chi connectivity index (χ4v) is 3.10. The molecule has 0 rings (SSSR count). The molecule has 144 valence electrons. The van der Waals surface area contributed by atoms with Gasteiger partial charge in [-0.05, 0) is 32.4 Å². The Labute approximate surface area is 151 Å². The summed E-state index contributed by atoms with van der Waals surface area (Å²) in [6, 6.07) is 0. The van der Waals surface area contributed by atoms with E-state index in [1.165, 1.54) is 89.9 Å². The normalized spacial score (nSPS) is 11.0. The van der Waals surface area contributed by atoms with Crippen molar-refractivity contribution in [3.05, 3.63) is 0 Å². The average Bonchev–Trinajstić information content (AvgIpc) is 2.56. The molecule has 0 fully saturated rings. The van der Waals surface area contributed by atoms with Crippen LogP contribution in [0.2, 0.25) is 0 Å². The zero-order valence-electron chi connectivity index (χ0n) is 16.3. The summed E-state index contributed by atoms with van der Waals surface area (Å²) in [7, 11) is 0. The van der Waals surface area contributed by atoms with Crippen molar-refractivity contribution in [2.75, 3.05) is 13.1 Å². The Bertz CT molecular complexity index is 256. The van der Waals surface area contributed by atoms with Crippen LogP contribution in [0.3, 0.4) is 0 Å². The second-order valence-electron chi connectivity index (χ2n) is 7.20. The van der Waals surface area contributed by atoms with E-state index in [4.69, 9.17) is 5.11 Å². The van der Waals surface area contributed by atoms with E-state index in [9.17, 15) is 4.79 Å². The van der Waals surface area contributed by atoms with Crippen LogP contribution in [0.25, 0.3) is 0 Å². The van der Waals surface area contributed by atoms with Gasteiger partial charge in [-0.2, -0.15) is 0 Å². The molecule has 0 aromatic carbocycles. The highest BCUT2D eigenvalue weighted by Gasteiger charge is 1.96. The summed E-state index contributed by atoms with van der Waals surface area (Å²) in [6.07, 6.45) is 21.7. The monoisotopic (exact) mass is 341 g/mol. The molecule has 0 spiro atoms. The van der Waals surface area contributed by atoms with Crippen molar-refractivity contribution in [3.63, 3.8) is 0 Å². The Morgan fingerprint density at radius 2 is 1.00 bits per heavy atom. The van der Waals surface area contributed by atoms with Gasteiger partial charge < -0.3 is 10.4 Å². The van der Waals surface area contributed by atoms with Crippen LogP contribution in [0.5, 0.6) is 0 Å². The minimum Gasteiger partial charge on any atom is -0.481 e. The molecule has 0 saturated carbocycles. The van der Waals surface area contributed by atoms with Gasteiger partial charge in [0.2, 0.25) is 0 Å². The van der Waals surface area contributed by atoms with Crippen LogP contribution < -0.4 is 5.32 Å². The fraction of sp³-hybridized carbons (Fsp3) is 0.952. The van der Waals surface area contributed by atoms with Crippen LogP contribution in [-0.2, 0) is 4.79 Å². The molecule has 0 aromatic rings. The molecular formula is C21H43NO2. The van der Waals surface area contributed by atoms with Gasteiger partial charge in [0.05, 0.1) is 0 Å². The van der Waals surface area contributed by atoms with Gasteiger partial charge in [-0.1, -0.05) is 90.4 Å². The van der Waals surface area contributed by atoms with Crippen molar-refractivity contribution < 1.29 is 9.90 Å². The number of carboxylic acid groups (broad SMARTS) is 1. The molecule has 0 aliphatic heterocycles. The van der Waals surface area contributed by atoms with Gasteiger partial charge in [0.15, 0.2) is 0 Å². The molecule has 0 unspecified atom stereocenters. The molecule has 0 amide bonds. The van der Waals surface area contributed by atoms with Crippen molar-refractivity contribution in [3.8, 4) is 0 Å². The highest BCUT2D eigenvalue weighted by atomic mass is 16.4. The van der Waals surface area contributed by atoms with Crippen molar-refractivity contribution in [1.82, 2.24) is 5.32 Å². The first-order valence-corrected chi connectivity index (χ1v) is 10.7. The highest BCUT2D eigenvalue weighted by molar-refractivity contribution is 5.66. The Morgan fingerprint density at radius 1 is 0.625 bits per heavy atom. The quantitative estimate of drug-likeness (QED) is 0.255. The fourth-order valence-electron chi connectivity index (χ4n) is 3.10. The van der Waals surface area contributed by atoms with E-state index in [0.29, 0.717) is 6.42 Å². The van der Waals surface area contributed by atoms with Gasteiger partial charge in [-0.15, -0.1) is 0 Å². The Balaban J connectivity index is 2.97. The van der Waals surface area contributed by atoms with Crippen LogP contribution >= 0.6 is 0 Å². The number of hydrogen-bond acceptors (Lipinski definition) is 2. The zero-order valence-corrected chi connectivity index (χ0v) is 16.3. The van der Waals surface area contributed by atoms with Gasteiger partial charge in [0.1, 0.15) is 0 Å². The van der Waals surface area contributed by atoms with Crippen molar-refractivity contribution in [1.29, 1.82) is 0 Å². The maximum Gasteiger partial charge on any atom is 0.303 e. The molecule has 0 aliphatic carbocycles. The topological polar surface area (TPSA) is 49.3 Å². The smallest absolute Gasteiger partial charge is 0.303 e. The minimum absolute atomic E-state index is 0.306. The molecule has 0 radical (unpaired) electrons. The lowest BCUT2D eigenvalue weighted by Crippen LogP contribution is -2.16. The summed E-state index contributed by atoms with van der Waals surface area (Å²) < 4.78 is 0. The largest absolute Gasteiger partial charge is 0.481 e. The van der Waals surface area contributed by atoms with Gasteiger partial charge in [0, 0.05) is 6.42 Å². The number of nitrogens with one attached hydrogen (secondary N) is 1. The summed E-state index contributed by atoms with van der Waals surface area (Å²) in [6.45, 7) is 4.33. The first kappa shape index (κ1) is 23.4. The molecule has 0 aromatic heterocycles. The number of carboxylic acids is 1. The van der Waals surface area contributed by atoms with Crippen LogP contribution in [0, 0.1) is 0 Å². The molecule has 3 nitrogen and oxygen atoms in total. The van der Waals surface area contributed by atoms with Gasteiger partial charge in [0.25, 0.3) is 0 Å². The minimum atomic E-state index is -0.679. The molecule has 0 saturated heterocycles. The molecule has 3 heteroatoms. The third-order valence-electron chi connectivity index (χ3n) is 4.70. The van der Waals surface area contributed by atoms with Gasteiger partial charge >= 0.3 is 5.97 Å². The molecule has 0 heterocycles. The average molecular weight is 342 g/mol. The summed E-state index contributed by atoms with van der Waals surface area (Å²) in [5, 5.41) is 11.9. The summed E-state index contributed by atoms with van der Waals surface area (Å²) >= 11 is 0. The first-order chi connectivity index (χ1) is 11.8. The Hall–Kier alpha value is -0.570. The zero-order chi connectivity index (χ0) is 17.7. The number of carbonyl (C=O) groups is 1. The lowest BCUT2D eigenvalue weighted by atomic mass is 10.0. The van der Waals surface area contributed by atoms with E-state index < -0.39 is 5.97 Å². The van der Waals surface area contributed by atoms with Crippen LogP contribution in [0.1, 0.15) is 116 Å². The van der Waals surface area contributed by atoms with Gasteiger partial charge in [-0.25, -0.2) is 0 Å². The SMILES string of the molecule is CCCCCCCCCCCCCCCCNCCCCC(=O)O. The van der Waals surface area contributed by atoms with Crippen LogP contribution in [0.15, 0.2) is 0 Å². The summed E-state index contributed by atoms with van der Waals surface area (Å²) in [5.41, 5.74) is 0. The summed E-state index contributed by atoms with van der Waals surface area (Å²) in [5.74, 6) is -0.679. The lowest BCUT2D eigenvalue weighted by molar-refractivity contribution is -0.137. The predicted octanol–water partition coefficient (Wildman–Crippen LogP) is 6.31. The Morgan fingerprint density at radius 3 is 1.42 bits per heavy atom. The van der Waals surface area contributed by atoms with Crippen LogP contribution in [0.4, 0.5) is 0 Å². The molecular weight excluding hydrogens is 298 g/mol. The van der Waals surface area contributed by atoms with E-state index in [-0.39, 0.29) is 0 Å². The number of rotatable bonds is 20. The number of aliphatic carboxylic acids is 1. The van der Waals surface area contributed by atoms with E-state index in [0.717, 1.165) is 25.9 Å². The van der Waals surface area contributed by atoms with E-state index in [1.54, 1.807) is 0 Å². The van der Waals surface area contributed by atoms with Crippen molar-refractivity contribution in [2.45, 2.75) is 116 Å². The van der Waals surface area contributed by atoms with E-state index >= 15 is 0 Å². The van der Waals surface area contributed by atoms with E-state index in [2.05, 4.69) is 12.2 Å². The molecule has 0 bridgehead atoms. The van der Waals surface area contributed by atoms with E-state index in [1.807, 2.05) is 0 Å². The lowest BCUT2D eigenvalue weighted by Gasteiger charge is -2.05. The maximum atomic E-state index is 10.4. The third kappa shape index (κ3) is 21.4. The second kappa shape index (κ2) is 20.5. The van der Waals surface area contributed by atoms with Gasteiger partial charge in [-0.3, -0.25) is 4.79 Å². The standard InChI is InChI=1S/C21H43NO2/c1-2-3-4-5-6-7-8-9-10-11-12-13-14-16-19-22-20-17-15-18-21(23)24/h22H,2-20H2,1H3,(H,23,24). The molecule has 0 atom stereocenters.